The summed E-state index contributed by atoms with van der Waals surface area (Å²) in [6, 6.07) is 0.192. The van der Waals surface area contributed by atoms with Gasteiger partial charge in [-0.3, -0.25) is 0 Å². The highest BCUT2D eigenvalue weighted by atomic mass is 35.5. The number of halogens is 2. The van der Waals surface area contributed by atoms with Crippen molar-refractivity contribution in [1.82, 2.24) is 24.8 Å². The molecule has 1 heterocycles. The van der Waals surface area contributed by atoms with Crippen LogP contribution in [-0.4, -0.2) is 80.4 Å². The zero-order valence-electron chi connectivity index (χ0n) is 26.3. The lowest BCUT2D eigenvalue weighted by molar-refractivity contribution is 0.00904. The summed E-state index contributed by atoms with van der Waals surface area (Å²) in [6.45, 7) is 13.8. The molecular weight excluding hydrogens is 579 g/mol. The maximum absolute atomic E-state index is 13.3. The first kappa shape index (κ1) is 34.4. The maximum Gasteiger partial charge on any atom is 0.410 e. The normalized spacial score (nSPS) is 20.1. The lowest BCUT2D eigenvalue weighted by atomic mass is 9.81. The highest BCUT2D eigenvalue weighted by molar-refractivity contribution is 6.31. The summed E-state index contributed by atoms with van der Waals surface area (Å²) in [4.78, 5) is 42.1. The second-order valence-corrected chi connectivity index (χ2v) is 14.4. The molecule has 10 nitrogen and oxygen atoms in total. The van der Waals surface area contributed by atoms with Crippen molar-refractivity contribution in [1.29, 1.82) is 0 Å². The lowest BCUT2D eigenvalue weighted by Crippen LogP contribution is -2.46. The summed E-state index contributed by atoms with van der Waals surface area (Å²) >= 11 is 11.8. The van der Waals surface area contributed by atoms with Gasteiger partial charge in [-0.05, 0) is 122 Å². The molecule has 2 aliphatic rings. The van der Waals surface area contributed by atoms with Gasteiger partial charge in [0.2, 0.25) is 16.5 Å². The minimum Gasteiger partial charge on any atom is -0.444 e. The Morgan fingerprint density at radius 3 is 1.90 bits per heavy atom. The molecule has 0 atom stereocenters. The fourth-order valence-corrected chi connectivity index (χ4v) is 6.09. The summed E-state index contributed by atoms with van der Waals surface area (Å²) in [5.41, 5.74) is -1.13. The number of nitrogens with zero attached hydrogens (tertiary/aromatic N) is 5. The van der Waals surface area contributed by atoms with Crippen LogP contribution in [0.4, 0.5) is 15.5 Å². The standard InChI is InChI=1S/C30H50Cl2N6O4/c1-29(2,3)41-27(39)37(17-10-18-38(23-11-8-7-9-12-23)28(40)42-30(4,5)6)20-22-15-13-21(14-16-22)19-33-26-35-24(31)34-25(32)36-26/h21-23H,7-20H2,1-6H3,(H,33,34,35,36). The summed E-state index contributed by atoms with van der Waals surface area (Å²) in [5, 5.41) is 3.36. The number of aromatic nitrogens is 3. The molecule has 12 heteroatoms. The molecule has 1 N–H and O–H groups in total. The molecule has 0 aliphatic heterocycles. The van der Waals surface area contributed by atoms with E-state index in [-0.39, 0.29) is 28.8 Å². The van der Waals surface area contributed by atoms with Crippen LogP contribution in [0.3, 0.4) is 0 Å². The molecule has 42 heavy (non-hydrogen) atoms. The van der Waals surface area contributed by atoms with E-state index in [1.807, 2.05) is 51.3 Å². The summed E-state index contributed by atoms with van der Waals surface area (Å²) in [5.74, 6) is 1.23. The van der Waals surface area contributed by atoms with Crippen LogP contribution in [-0.2, 0) is 9.47 Å². The van der Waals surface area contributed by atoms with E-state index in [1.165, 1.54) is 6.42 Å². The van der Waals surface area contributed by atoms with Crippen LogP contribution in [0.5, 0.6) is 0 Å². The van der Waals surface area contributed by atoms with E-state index in [0.29, 0.717) is 43.8 Å². The molecule has 0 radical (unpaired) electrons. The molecule has 1 aromatic rings. The SMILES string of the molecule is CC(C)(C)OC(=O)N(CCCN(C(=O)OC(C)(C)C)C1CCCCC1)CC1CCC(CNc2nc(Cl)nc(Cl)n2)CC1. The predicted octanol–water partition coefficient (Wildman–Crippen LogP) is 7.59. The molecule has 3 rings (SSSR count). The molecule has 0 saturated heterocycles. The Kier molecular flexibility index (Phi) is 12.8. The minimum absolute atomic E-state index is 0.0661. The van der Waals surface area contributed by atoms with Crippen LogP contribution >= 0.6 is 23.2 Å². The van der Waals surface area contributed by atoms with E-state index in [1.54, 1.807) is 0 Å². The smallest absolute Gasteiger partial charge is 0.410 e. The molecular formula is C30H50Cl2N6O4. The first-order valence-corrected chi connectivity index (χ1v) is 16.2. The van der Waals surface area contributed by atoms with Gasteiger partial charge in [0.05, 0.1) is 0 Å². The Bertz CT molecular complexity index is 998. The first-order chi connectivity index (χ1) is 19.7. The van der Waals surface area contributed by atoms with Gasteiger partial charge in [0.1, 0.15) is 11.2 Å². The quantitative estimate of drug-likeness (QED) is 0.282. The van der Waals surface area contributed by atoms with Gasteiger partial charge in [-0.1, -0.05) is 19.3 Å². The number of carbonyl (C=O) groups is 2. The van der Waals surface area contributed by atoms with Crippen molar-refractivity contribution in [3.05, 3.63) is 10.6 Å². The molecule has 0 unspecified atom stereocenters. The van der Waals surface area contributed by atoms with Gasteiger partial charge in [0, 0.05) is 32.2 Å². The van der Waals surface area contributed by atoms with E-state index >= 15 is 0 Å². The fourth-order valence-electron chi connectivity index (χ4n) is 5.72. The van der Waals surface area contributed by atoms with Crippen molar-refractivity contribution in [2.75, 3.05) is 31.5 Å². The second-order valence-electron chi connectivity index (χ2n) is 13.7. The van der Waals surface area contributed by atoms with Crippen LogP contribution in [0.25, 0.3) is 0 Å². The van der Waals surface area contributed by atoms with E-state index in [4.69, 9.17) is 32.7 Å². The van der Waals surface area contributed by atoms with Crippen molar-refractivity contribution in [3.63, 3.8) is 0 Å². The zero-order valence-corrected chi connectivity index (χ0v) is 27.8. The molecule has 2 saturated carbocycles. The molecule has 2 amide bonds. The van der Waals surface area contributed by atoms with Crippen molar-refractivity contribution in [2.24, 2.45) is 11.8 Å². The second kappa shape index (κ2) is 15.6. The average molecular weight is 630 g/mol. The number of hydrogen-bond donors (Lipinski definition) is 1. The van der Waals surface area contributed by atoms with Gasteiger partial charge in [0.15, 0.2) is 0 Å². The Morgan fingerprint density at radius 2 is 1.33 bits per heavy atom. The number of amides is 2. The highest BCUT2D eigenvalue weighted by Gasteiger charge is 2.31. The van der Waals surface area contributed by atoms with Gasteiger partial charge in [-0.2, -0.15) is 15.0 Å². The molecule has 2 aliphatic carbocycles. The van der Waals surface area contributed by atoms with E-state index in [9.17, 15) is 9.59 Å². The number of carbonyl (C=O) groups excluding carboxylic acids is 2. The van der Waals surface area contributed by atoms with Crippen LogP contribution in [0.2, 0.25) is 10.6 Å². The Hall–Kier alpha value is -2.07. The minimum atomic E-state index is -0.579. The fraction of sp³-hybridized carbons (Fsp3) is 0.833. The molecule has 0 spiro atoms. The monoisotopic (exact) mass is 628 g/mol. The van der Waals surface area contributed by atoms with Gasteiger partial charge in [-0.15, -0.1) is 0 Å². The number of hydrogen-bond acceptors (Lipinski definition) is 8. The van der Waals surface area contributed by atoms with Crippen LogP contribution < -0.4 is 5.32 Å². The largest absolute Gasteiger partial charge is 0.444 e. The molecule has 0 aromatic carbocycles. The highest BCUT2D eigenvalue weighted by Crippen LogP contribution is 2.30. The summed E-state index contributed by atoms with van der Waals surface area (Å²) in [6.07, 6.45) is 9.67. The molecule has 238 valence electrons. The van der Waals surface area contributed by atoms with Gasteiger partial charge in [-0.25, -0.2) is 9.59 Å². The van der Waals surface area contributed by atoms with Crippen LogP contribution in [0.1, 0.15) is 106 Å². The number of nitrogens with one attached hydrogen (secondary N) is 1. The lowest BCUT2D eigenvalue weighted by Gasteiger charge is -2.37. The van der Waals surface area contributed by atoms with Gasteiger partial charge < -0.3 is 24.6 Å². The van der Waals surface area contributed by atoms with Crippen LogP contribution in [0, 0.1) is 11.8 Å². The molecule has 1 aromatic heterocycles. The molecule has 2 fully saturated rings. The zero-order chi connectivity index (χ0) is 30.9. The Morgan fingerprint density at radius 1 is 0.786 bits per heavy atom. The van der Waals surface area contributed by atoms with Gasteiger partial charge in [0.25, 0.3) is 0 Å². The van der Waals surface area contributed by atoms with Crippen LogP contribution in [0.15, 0.2) is 0 Å². The van der Waals surface area contributed by atoms with E-state index in [2.05, 4.69) is 20.3 Å². The maximum atomic E-state index is 13.3. The van der Waals surface area contributed by atoms with E-state index in [0.717, 1.165) is 57.9 Å². The number of rotatable bonds is 10. The Balaban J connectivity index is 1.56. The van der Waals surface area contributed by atoms with E-state index < -0.39 is 11.2 Å². The molecule has 0 bridgehead atoms. The summed E-state index contributed by atoms with van der Waals surface area (Å²) < 4.78 is 11.6. The predicted molar refractivity (Wildman–Crippen MR) is 166 cm³/mol. The third-order valence-corrected chi connectivity index (χ3v) is 8.03. The average Bonchev–Trinajstić information content (AvgIpc) is 2.88. The van der Waals surface area contributed by atoms with Crippen molar-refractivity contribution in [3.8, 4) is 0 Å². The Labute approximate surface area is 261 Å². The van der Waals surface area contributed by atoms with Crippen molar-refractivity contribution < 1.29 is 19.1 Å². The van der Waals surface area contributed by atoms with Crippen molar-refractivity contribution >= 4 is 41.3 Å². The summed E-state index contributed by atoms with van der Waals surface area (Å²) in [7, 11) is 0. The van der Waals surface area contributed by atoms with Gasteiger partial charge >= 0.3 is 12.2 Å². The topological polar surface area (TPSA) is 110 Å². The third kappa shape index (κ3) is 12.3. The third-order valence-electron chi connectivity index (χ3n) is 7.70. The first-order valence-electron chi connectivity index (χ1n) is 15.5. The van der Waals surface area contributed by atoms with Crippen molar-refractivity contribution in [2.45, 2.75) is 123 Å². The number of anilines is 1. The number of ether oxygens (including phenoxy) is 2.